The van der Waals surface area contributed by atoms with E-state index in [4.69, 9.17) is 5.26 Å². The van der Waals surface area contributed by atoms with Gasteiger partial charge in [-0.3, -0.25) is 4.79 Å². The topological polar surface area (TPSA) is 54.0 Å². The summed E-state index contributed by atoms with van der Waals surface area (Å²) in [5, 5.41) is 8.13. The summed E-state index contributed by atoms with van der Waals surface area (Å²) in [7, 11) is 0. The van der Waals surface area contributed by atoms with Gasteiger partial charge in [0.1, 0.15) is 6.26 Å². The first-order chi connectivity index (χ1) is 4.84. The number of ketones is 1. The standard InChI is InChI=1S/C7H5NO2/c8-3-1-7(9)6-2-4-10-5-6/h2,4-5H,1H2. The van der Waals surface area contributed by atoms with E-state index in [1.54, 1.807) is 12.1 Å². The van der Waals surface area contributed by atoms with Gasteiger partial charge in [0.25, 0.3) is 0 Å². The number of nitriles is 1. The van der Waals surface area contributed by atoms with Crippen molar-refractivity contribution in [2.24, 2.45) is 0 Å². The van der Waals surface area contributed by atoms with E-state index >= 15 is 0 Å². The number of Topliss-reactive ketones (excluding diaryl/α,β-unsaturated/α-hetero) is 1. The van der Waals surface area contributed by atoms with E-state index in [0.717, 1.165) is 0 Å². The maximum Gasteiger partial charge on any atom is 0.180 e. The molecule has 3 heteroatoms. The second kappa shape index (κ2) is 2.83. The molecule has 0 amide bonds. The van der Waals surface area contributed by atoms with Gasteiger partial charge in [0, 0.05) is 0 Å². The normalized spacial score (nSPS) is 8.70. The summed E-state index contributed by atoms with van der Waals surface area (Å²) < 4.78 is 4.65. The van der Waals surface area contributed by atoms with Crippen LogP contribution < -0.4 is 0 Å². The predicted molar refractivity (Wildman–Crippen MR) is 33.3 cm³/mol. The first kappa shape index (κ1) is 6.56. The van der Waals surface area contributed by atoms with Crippen molar-refractivity contribution in [2.45, 2.75) is 6.42 Å². The summed E-state index contributed by atoms with van der Waals surface area (Å²) in [5.74, 6) is -0.198. The van der Waals surface area contributed by atoms with Crippen LogP contribution in [0, 0.1) is 11.3 Å². The van der Waals surface area contributed by atoms with E-state index in [1.807, 2.05) is 0 Å². The van der Waals surface area contributed by atoms with Crippen LogP contribution in [0.4, 0.5) is 0 Å². The zero-order valence-corrected chi connectivity index (χ0v) is 5.20. The van der Waals surface area contributed by atoms with Crippen LogP contribution in [0.1, 0.15) is 16.8 Å². The van der Waals surface area contributed by atoms with Crippen LogP contribution in [0.5, 0.6) is 0 Å². The molecule has 0 N–H and O–H groups in total. The Bertz CT molecular complexity index is 256. The average Bonchev–Trinajstić information content (AvgIpc) is 2.38. The molecular weight excluding hydrogens is 130 g/mol. The fraction of sp³-hybridized carbons (Fsp3) is 0.143. The minimum Gasteiger partial charge on any atom is -0.472 e. The van der Waals surface area contributed by atoms with Crippen LogP contribution in [0.25, 0.3) is 0 Å². The van der Waals surface area contributed by atoms with Gasteiger partial charge in [0.15, 0.2) is 5.78 Å². The molecule has 0 aliphatic rings. The molecule has 3 nitrogen and oxygen atoms in total. The molecule has 1 heterocycles. The summed E-state index contributed by atoms with van der Waals surface area (Å²) >= 11 is 0. The number of nitrogens with zero attached hydrogens (tertiary/aromatic N) is 1. The number of hydrogen-bond donors (Lipinski definition) is 0. The number of carbonyl (C=O) groups excluding carboxylic acids is 1. The molecule has 1 rings (SSSR count). The SMILES string of the molecule is N#CCC(=O)c1ccoc1. The maximum atomic E-state index is 10.8. The monoisotopic (exact) mass is 135 g/mol. The summed E-state index contributed by atoms with van der Waals surface area (Å²) in [4.78, 5) is 10.8. The van der Waals surface area contributed by atoms with E-state index in [0.29, 0.717) is 5.56 Å². The lowest BCUT2D eigenvalue weighted by Gasteiger charge is -1.83. The Hall–Kier alpha value is -1.56. The average molecular weight is 135 g/mol. The molecule has 1 aromatic heterocycles. The molecule has 0 spiro atoms. The van der Waals surface area contributed by atoms with Crippen LogP contribution in [0.3, 0.4) is 0 Å². The van der Waals surface area contributed by atoms with Crippen molar-refractivity contribution in [2.75, 3.05) is 0 Å². The number of hydrogen-bond acceptors (Lipinski definition) is 3. The van der Waals surface area contributed by atoms with E-state index in [-0.39, 0.29) is 12.2 Å². The van der Waals surface area contributed by atoms with Crippen molar-refractivity contribution < 1.29 is 9.21 Å². The van der Waals surface area contributed by atoms with Gasteiger partial charge in [0.2, 0.25) is 0 Å². The molecule has 0 unspecified atom stereocenters. The highest BCUT2D eigenvalue weighted by atomic mass is 16.3. The fourth-order valence-electron chi connectivity index (χ4n) is 0.597. The quantitative estimate of drug-likeness (QED) is 0.575. The summed E-state index contributed by atoms with van der Waals surface area (Å²) in [6.45, 7) is 0. The molecule has 0 fully saturated rings. The van der Waals surface area contributed by atoms with Crippen LogP contribution in [0.2, 0.25) is 0 Å². The number of carbonyl (C=O) groups is 1. The van der Waals surface area contributed by atoms with Gasteiger partial charge in [0.05, 0.1) is 24.3 Å². The highest BCUT2D eigenvalue weighted by molar-refractivity contribution is 5.96. The molecule has 0 aliphatic carbocycles. The van der Waals surface area contributed by atoms with Gasteiger partial charge in [-0.25, -0.2) is 0 Å². The van der Waals surface area contributed by atoms with Gasteiger partial charge in [-0.15, -0.1) is 0 Å². The molecule has 0 aliphatic heterocycles. The zero-order chi connectivity index (χ0) is 7.40. The maximum absolute atomic E-state index is 10.8. The van der Waals surface area contributed by atoms with E-state index in [9.17, 15) is 4.79 Å². The molecule has 10 heavy (non-hydrogen) atoms. The molecule has 0 saturated carbocycles. The smallest absolute Gasteiger partial charge is 0.180 e. The zero-order valence-electron chi connectivity index (χ0n) is 5.20. The Morgan fingerprint density at radius 2 is 2.60 bits per heavy atom. The molecule has 0 aromatic carbocycles. The second-order valence-corrected chi connectivity index (χ2v) is 1.77. The summed E-state index contributed by atoms with van der Waals surface area (Å²) in [5.41, 5.74) is 0.460. The molecule has 0 atom stereocenters. The van der Waals surface area contributed by atoms with Gasteiger partial charge in [-0.05, 0) is 6.07 Å². The van der Waals surface area contributed by atoms with Crippen LogP contribution in [-0.2, 0) is 0 Å². The third-order valence-corrected chi connectivity index (χ3v) is 1.08. The molecule has 0 saturated heterocycles. The summed E-state index contributed by atoms with van der Waals surface area (Å²) in [6.07, 6.45) is 2.66. The Labute approximate surface area is 57.9 Å². The van der Waals surface area contributed by atoms with Gasteiger partial charge < -0.3 is 4.42 Å². The highest BCUT2D eigenvalue weighted by Gasteiger charge is 2.04. The van der Waals surface area contributed by atoms with Crippen molar-refractivity contribution in [3.63, 3.8) is 0 Å². The van der Waals surface area contributed by atoms with Crippen LogP contribution in [0.15, 0.2) is 23.0 Å². The second-order valence-electron chi connectivity index (χ2n) is 1.77. The minimum atomic E-state index is -0.198. The van der Waals surface area contributed by atoms with Crippen molar-refractivity contribution in [3.05, 3.63) is 24.2 Å². The molecule has 50 valence electrons. The summed E-state index contributed by atoms with van der Waals surface area (Å²) in [6, 6.07) is 3.31. The molecule has 1 aromatic rings. The van der Waals surface area contributed by atoms with Gasteiger partial charge in [-0.2, -0.15) is 5.26 Å². The highest BCUT2D eigenvalue weighted by Crippen LogP contribution is 2.02. The first-order valence-corrected chi connectivity index (χ1v) is 2.77. The van der Waals surface area contributed by atoms with Gasteiger partial charge >= 0.3 is 0 Å². The Morgan fingerprint density at radius 3 is 3.10 bits per heavy atom. The molecule has 0 radical (unpaired) electrons. The van der Waals surface area contributed by atoms with Crippen LogP contribution in [-0.4, -0.2) is 5.78 Å². The Balaban J connectivity index is 2.71. The van der Waals surface area contributed by atoms with Crippen LogP contribution >= 0.6 is 0 Å². The predicted octanol–water partition coefficient (Wildman–Crippen LogP) is 1.38. The first-order valence-electron chi connectivity index (χ1n) is 2.77. The van der Waals surface area contributed by atoms with Crippen molar-refractivity contribution in [3.8, 4) is 6.07 Å². The number of rotatable bonds is 2. The Morgan fingerprint density at radius 1 is 1.80 bits per heavy atom. The van der Waals surface area contributed by atoms with Crippen molar-refractivity contribution in [1.82, 2.24) is 0 Å². The number of furan rings is 1. The fourth-order valence-corrected chi connectivity index (χ4v) is 0.597. The minimum absolute atomic E-state index is 0.0838. The van der Waals surface area contributed by atoms with E-state index in [2.05, 4.69) is 4.42 Å². The lowest BCUT2D eigenvalue weighted by atomic mass is 10.2. The molecule has 0 bridgehead atoms. The lowest BCUT2D eigenvalue weighted by molar-refractivity contribution is 0.0997. The van der Waals surface area contributed by atoms with E-state index in [1.165, 1.54) is 12.5 Å². The van der Waals surface area contributed by atoms with Crippen molar-refractivity contribution in [1.29, 1.82) is 5.26 Å². The lowest BCUT2D eigenvalue weighted by Crippen LogP contribution is -1.93. The third kappa shape index (κ3) is 1.23. The largest absolute Gasteiger partial charge is 0.472 e. The third-order valence-electron chi connectivity index (χ3n) is 1.08. The Kier molecular flexibility index (Phi) is 1.86. The van der Waals surface area contributed by atoms with E-state index < -0.39 is 0 Å². The van der Waals surface area contributed by atoms with Gasteiger partial charge in [-0.1, -0.05) is 0 Å². The molecular formula is C7H5NO2. The van der Waals surface area contributed by atoms with Crippen molar-refractivity contribution >= 4 is 5.78 Å².